The highest BCUT2D eigenvalue weighted by Gasteiger charge is 2.29. The third-order valence-corrected chi connectivity index (χ3v) is 2.30. The predicted molar refractivity (Wildman–Crippen MR) is 46.2 cm³/mol. The maximum Gasteiger partial charge on any atom is 0.308 e. The molecule has 0 spiro atoms. The fourth-order valence-corrected chi connectivity index (χ4v) is 1.50. The SMILES string of the molecule is COC(=O)CC(O)C1CCC(C)O1. The first-order valence-electron chi connectivity index (χ1n) is 4.54. The highest BCUT2D eigenvalue weighted by molar-refractivity contribution is 5.69. The number of hydrogen-bond acceptors (Lipinski definition) is 4. The number of carbonyl (C=O) groups is 1. The Hall–Kier alpha value is -0.610. The first-order chi connectivity index (χ1) is 6.13. The minimum Gasteiger partial charge on any atom is -0.469 e. The van der Waals surface area contributed by atoms with Crippen LogP contribution in [0.5, 0.6) is 0 Å². The number of esters is 1. The van der Waals surface area contributed by atoms with Crippen molar-refractivity contribution in [2.24, 2.45) is 0 Å². The van der Waals surface area contributed by atoms with Crippen LogP contribution in [-0.2, 0) is 14.3 Å². The Morgan fingerprint density at radius 1 is 1.69 bits per heavy atom. The van der Waals surface area contributed by atoms with Crippen LogP contribution in [0.25, 0.3) is 0 Å². The van der Waals surface area contributed by atoms with Gasteiger partial charge in [0.1, 0.15) is 0 Å². The molecule has 1 fully saturated rings. The molecule has 0 amide bonds. The Bertz CT molecular complexity index is 180. The van der Waals surface area contributed by atoms with Gasteiger partial charge in [-0.05, 0) is 19.8 Å². The first kappa shape index (κ1) is 10.5. The van der Waals surface area contributed by atoms with E-state index in [0.717, 1.165) is 12.8 Å². The first-order valence-corrected chi connectivity index (χ1v) is 4.54. The van der Waals surface area contributed by atoms with E-state index in [4.69, 9.17) is 4.74 Å². The van der Waals surface area contributed by atoms with Gasteiger partial charge in [-0.15, -0.1) is 0 Å². The van der Waals surface area contributed by atoms with Crippen molar-refractivity contribution >= 4 is 5.97 Å². The Morgan fingerprint density at radius 2 is 2.38 bits per heavy atom. The Kier molecular flexibility index (Phi) is 3.69. The molecule has 1 N–H and O–H groups in total. The van der Waals surface area contributed by atoms with Crippen LogP contribution < -0.4 is 0 Å². The molecule has 4 nitrogen and oxygen atoms in total. The van der Waals surface area contributed by atoms with Crippen LogP contribution in [0.1, 0.15) is 26.2 Å². The van der Waals surface area contributed by atoms with Crippen molar-refractivity contribution in [2.45, 2.75) is 44.5 Å². The molecule has 1 aliphatic heterocycles. The zero-order valence-corrected chi connectivity index (χ0v) is 8.03. The second kappa shape index (κ2) is 4.58. The monoisotopic (exact) mass is 188 g/mol. The van der Waals surface area contributed by atoms with Crippen LogP contribution in [0.4, 0.5) is 0 Å². The van der Waals surface area contributed by atoms with Crippen molar-refractivity contribution < 1.29 is 19.4 Å². The van der Waals surface area contributed by atoms with Crippen molar-refractivity contribution in [3.05, 3.63) is 0 Å². The van der Waals surface area contributed by atoms with Gasteiger partial charge in [0.15, 0.2) is 0 Å². The molecule has 1 heterocycles. The molecule has 0 saturated carbocycles. The van der Waals surface area contributed by atoms with Crippen LogP contribution in [0, 0.1) is 0 Å². The van der Waals surface area contributed by atoms with E-state index in [2.05, 4.69) is 4.74 Å². The van der Waals surface area contributed by atoms with Gasteiger partial charge in [0.25, 0.3) is 0 Å². The van der Waals surface area contributed by atoms with E-state index >= 15 is 0 Å². The average molecular weight is 188 g/mol. The summed E-state index contributed by atoms with van der Waals surface area (Å²) in [5.74, 6) is -0.393. The predicted octanol–water partition coefficient (Wildman–Crippen LogP) is 0.478. The highest BCUT2D eigenvalue weighted by atomic mass is 16.5. The quantitative estimate of drug-likeness (QED) is 0.654. The summed E-state index contributed by atoms with van der Waals surface area (Å²) in [6.45, 7) is 1.96. The number of methoxy groups -OCH3 is 1. The fourth-order valence-electron chi connectivity index (χ4n) is 1.50. The minimum absolute atomic E-state index is 0.0217. The summed E-state index contributed by atoms with van der Waals surface area (Å²) in [7, 11) is 1.31. The van der Waals surface area contributed by atoms with Crippen LogP contribution in [0.15, 0.2) is 0 Å². The molecule has 0 aromatic rings. The Morgan fingerprint density at radius 3 is 2.85 bits per heavy atom. The number of ether oxygens (including phenoxy) is 2. The van der Waals surface area contributed by atoms with E-state index < -0.39 is 12.1 Å². The van der Waals surface area contributed by atoms with Gasteiger partial charge in [-0.2, -0.15) is 0 Å². The Balaban J connectivity index is 2.31. The van der Waals surface area contributed by atoms with E-state index in [1.54, 1.807) is 0 Å². The van der Waals surface area contributed by atoms with Crippen LogP contribution in [0.3, 0.4) is 0 Å². The van der Waals surface area contributed by atoms with E-state index in [-0.39, 0.29) is 18.6 Å². The molecule has 0 aromatic heterocycles. The maximum absolute atomic E-state index is 10.8. The lowest BCUT2D eigenvalue weighted by Gasteiger charge is -2.16. The highest BCUT2D eigenvalue weighted by Crippen LogP contribution is 2.23. The zero-order chi connectivity index (χ0) is 9.84. The van der Waals surface area contributed by atoms with Crippen molar-refractivity contribution in [2.75, 3.05) is 7.11 Å². The molecule has 3 atom stereocenters. The van der Waals surface area contributed by atoms with Crippen LogP contribution >= 0.6 is 0 Å². The molecule has 1 saturated heterocycles. The second-order valence-electron chi connectivity index (χ2n) is 3.41. The summed E-state index contributed by atoms with van der Waals surface area (Å²) in [4.78, 5) is 10.8. The average Bonchev–Trinajstić information content (AvgIpc) is 2.51. The van der Waals surface area contributed by atoms with Gasteiger partial charge in [0.05, 0.1) is 31.8 Å². The number of rotatable bonds is 3. The third kappa shape index (κ3) is 2.97. The number of carbonyl (C=O) groups excluding carboxylic acids is 1. The molecule has 0 aromatic carbocycles. The van der Waals surface area contributed by atoms with Gasteiger partial charge in [-0.1, -0.05) is 0 Å². The molecule has 4 heteroatoms. The Labute approximate surface area is 77.8 Å². The summed E-state index contributed by atoms with van der Waals surface area (Å²) in [6.07, 6.45) is 1.06. The van der Waals surface area contributed by atoms with Crippen molar-refractivity contribution in [1.82, 2.24) is 0 Å². The van der Waals surface area contributed by atoms with Gasteiger partial charge >= 0.3 is 5.97 Å². The van der Waals surface area contributed by atoms with Crippen LogP contribution in [-0.4, -0.2) is 36.5 Å². The zero-order valence-electron chi connectivity index (χ0n) is 8.03. The third-order valence-electron chi connectivity index (χ3n) is 2.30. The molecule has 0 bridgehead atoms. The standard InChI is InChI=1S/C9H16O4/c1-6-3-4-8(13-6)7(10)5-9(11)12-2/h6-8,10H,3-5H2,1-2H3. The molecule has 3 unspecified atom stereocenters. The topological polar surface area (TPSA) is 55.8 Å². The molecule has 0 aliphatic carbocycles. The van der Waals surface area contributed by atoms with Gasteiger partial charge < -0.3 is 14.6 Å². The minimum atomic E-state index is -0.725. The summed E-state index contributed by atoms with van der Waals surface area (Å²) in [6, 6.07) is 0. The lowest BCUT2D eigenvalue weighted by Crippen LogP contribution is -2.28. The summed E-state index contributed by atoms with van der Waals surface area (Å²) >= 11 is 0. The molecular formula is C9H16O4. The number of hydrogen-bond donors (Lipinski definition) is 1. The van der Waals surface area contributed by atoms with Gasteiger partial charge in [-0.3, -0.25) is 4.79 Å². The summed E-state index contributed by atoms with van der Waals surface area (Å²) in [5, 5.41) is 9.54. The second-order valence-corrected chi connectivity index (χ2v) is 3.41. The fraction of sp³-hybridized carbons (Fsp3) is 0.889. The molecule has 1 aliphatic rings. The van der Waals surface area contributed by atoms with Gasteiger partial charge in [0, 0.05) is 0 Å². The van der Waals surface area contributed by atoms with Crippen molar-refractivity contribution in [1.29, 1.82) is 0 Å². The lowest BCUT2D eigenvalue weighted by molar-refractivity contribution is -0.145. The van der Waals surface area contributed by atoms with Crippen LogP contribution in [0.2, 0.25) is 0 Å². The van der Waals surface area contributed by atoms with Gasteiger partial charge in [-0.25, -0.2) is 0 Å². The summed E-state index contributed by atoms with van der Waals surface area (Å²) < 4.78 is 9.86. The molecule has 76 valence electrons. The smallest absolute Gasteiger partial charge is 0.308 e. The normalized spacial score (nSPS) is 30.1. The molecule has 1 rings (SSSR count). The number of aliphatic hydroxyl groups excluding tert-OH is 1. The van der Waals surface area contributed by atoms with E-state index in [1.807, 2.05) is 6.92 Å². The van der Waals surface area contributed by atoms with Gasteiger partial charge in [0.2, 0.25) is 0 Å². The van der Waals surface area contributed by atoms with E-state index in [1.165, 1.54) is 7.11 Å². The maximum atomic E-state index is 10.8. The van der Waals surface area contributed by atoms with E-state index in [0.29, 0.717) is 0 Å². The molecular weight excluding hydrogens is 172 g/mol. The van der Waals surface area contributed by atoms with Crippen molar-refractivity contribution in [3.8, 4) is 0 Å². The lowest BCUT2D eigenvalue weighted by atomic mass is 10.1. The van der Waals surface area contributed by atoms with Crippen molar-refractivity contribution in [3.63, 3.8) is 0 Å². The molecule has 0 radical (unpaired) electrons. The van der Waals surface area contributed by atoms with E-state index in [9.17, 15) is 9.90 Å². The largest absolute Gasteiger partial charge is 0.469 e. The molecule has 13 heavy (non-hydrogen) atoms. The number of aliphatic hydroxyl groups is 1. The summed E-state index contributed by atoms with van der Waals surface area (Å²) in [5.41, 5.74) is 0.